The topological polar surface area (TPSA) is 87.5 Å². The van der Waals surface area contributed by atoms with E-state index in [9.17, 15) is 9.59 Å². The molecule has 0 aliphatic rings. The summed E-state index contributed by atoms with van der Waals surface area (Å²) in [5.74, 6) is -1.76. The van der Waals surface area contributed by atoms with E-state index in [4.69, 9.17) is 10.2 Å². The summed E-state index contributed by atoms with van der Waals surface area (Å²) in [5, 5.41) is 19.2. The third-order valence-corrected chi connectivity index (χ3v) is 4.47. The predicted octanol–water partition coefficient (Wildman–Crippen LogP) is 6.16. The van der Waals surface area contributed by atoms with Crippen LogP contribution < -0.4 is 0 Å². The number of aromatic nitrogens is 1. The van der Waals surface area contributed by atoms with Gasteiger partial charge >= 0.3 is 11.9 Å². The van der Waals surface area contributed by atoms with E-state index >= 15 is 0 Å². The van der Waals surface area contributed by atoms with Gasteiger partial charge in [0.2, 0.25) is 0 Å². The van der Waals surface area contributed by atoms with Crippen LogP contribution in [0.3, 0.4) is 0 Å². The summed E-state index contributed by atoms with van der Waals surface area (Å²) in [6, 6.07) is 35.2. The highest BCUT2D eigenvalue weighted by Gasteiger charge is 1.98. The SMILES string of the molecule is O=C(O)c1ccccc1.O=C(O)c1ccccc1.c1ccc2nc3ccccc3cc2c1. The average Bonchev–Trinajstić information content (AvgIpc) is 2.84. The molecule has 1 heterocycles. The monoisotopic (exact) mass is 423 g/mol. The van der Waals surface area contributed by atoms with Crippen LogP contribution in [-0.2, 0) is 0 Å². The lowest BCUT2D eigenvalue weighted by Gasteiger charge is -1.99. The highest BCUT2D eigenvalue weighted by molar-refractivity contribution is 5.92. The van der Waals surface area contributed by atoms with Crippen molar-refractivity contribution in [1.82, 2.24) is 4.98 Å². The number of rotatable bonds is 2. The summed E-state index contributed by atoms with van der Waals surface area (Å²) in [6.07, 6.45) is 0. The molecule has 5 rings (SSSR count). The van der Waals surface area contributed by atoms with Crippen molar-refractivity contribution >= 4 is 33.7 Å². The summed E-state index contributed by atoms with van der Waals surface area (Å²) >= 11 is 0. The van der Waals surface area contributed by atoms with Gasteiger partial charge in [-0.3, -0.25) is 0 Å². The molecule has 0 fully saturated rings. The minimum Gasteiger partial charge on any atom is -0.478 e. The Hall–Kier alpha value is -4.51. The van der Waals surface area contributed by atoms with E-state index in [0.717, 1.165) is 11.0 Å². The molecule has 0 saturated carbocycles. The molecule has 0 aliphatic carbocycles. The maximum absolute atomic E-state index is 10.2. The van der Waals surface area contributed by atoms with Gasteiger partial charge in [-0.05, 0) is 42.5 Å². The fourth-order valence-corrected chi connectivity index (χ4v) is 2.88. The first-order valence-corrected chi connectivity index (χ1v) is 9.86. The number of pyridine rings is 1. The van der Waals surface area contributed by atoms with Gasteiger partial charge in [-0.2, -0.15) is 0 Å². The molecule has 0 unspecified atom stereocenters. The number of carboxylic acids is 2. The van der Waals surface area contributed by atoms with E-state index in [1.54, 1.807) is 60.7 Å². The normalized spacial score (nSPS) is 9.75. The minimum atomic E-state index is -0.879. The van der Waals surface area contributed by atoms with Gasteiger partial charge in [-0.25, -0.2) is 14.6 Å². The van der Waals surface area contributed by atoms with E-state index in [1.165, 1.54) is 10.8 Å². The molecule has 0 radical (unpaired) electrons. The zero-order chi connectivity index (χ0) is 22.8. The second kappa shape index (κ2) is 11.0. The summed E-state index contributed by atoms with van der Waals surface area (Å²) in [7, 11) is 0. The Bertz CT molecular complexity index is 1160. The van der Waals surface area contributed by atoms with Crippen molar-refractivity contribution in [2.75, 3.05) is 0 Å². The van der Waals surface area contributed by atoms with Gasteiger partial charge in [0.25, 0.3) is 0 Å². The minimum absolute atomic E-state index is 0.331. The molecule has 5 nitrogen and oxygen atoms in total. The largest absolute Gasteiger partial charge is 0.478 e. The molecule has 0 spiro atoms. The number of aromatic carboxylic acids is 2. The molecule has 0 aliphatic heterocycles. The average molecular weight is 423 g/mol. The number of hydrogen-bond acceptors (Lipinski definition) is 3. The number of benzene rings is 4. The number of carboxylic acid groups (broad SMARTS) is 2. The maximum atomic E-state index is 10.2. The van der Waals surface area contributed by atoms with Crippen LogP contribution in [0, 0.1) is 0 Å². The molecular weight excluding hydrogens is 402 g/mol. The van der Waals surface area contributed by atoms with Crippen molar-refractivity contribution in [3.05, 3.63) is 126 Å². The number of hydrogen-bond donors (Lipinski definition) is 2. The molecule has 0 atom stereocenters. The number of carbonyl (C=O) groups is 2. The standard InChI is InChI=1S/C13H9N.2C7H6O2/c1-3-7-12-10(5-1)9-11-6-2-4-8-13(11)14-12;2*8-7(9)6-4-2-1-3-5-6/h1-9H;2*1-5H,(H,8,9). The van der Waals surface area contributed by atoms with Gasteiger partial charge < -0.3 is 10.2 Å². The molecule has 158 valence electrons. The van der Waals surface area contributed by atoms with Gasteiger partial charge in [0.15, 0.2) is 0 Å². The predicted molar refractivity (Wildman–Crippen MR) is 126 cm³/mol. The lowest BCUT2D eigenvalue weighted by Crippen LogP contribution is -1.93. The van der Waals surface area contributed by atoms with Crippen LogP contribution in [0.1, 0.15) is 20.7 Å². The molecule has 2 N–H and O–H groups in total. The van der Waals surface area contributed by atoms with Gasteiger partial charge in [0.1, 0.15) is 0 Å². The second-order valence-electron chi connectivity index (χ2n) is 6.72. The van der Waals surface area contributed by atoms with Crippen LogP contribution in [0.15, 0.2) is 115 Å². The van der Waals surface area contributed by atoms with Gasteiger partial charge in [0.05, 0.1) is 22.2 Å². The second-order valence-corrected chi connectivity index (χ2v) is 6.72. The first kappa shape index (κ1) is 22.2. The molecule has 0 bridgehead atoms. The number of nitrogens with zero attached hydrogens (tertiary/aromatic N) is 1. The van der Waals surface area contributed by atoms with Crippen LogP contribution in [0.4, 0.5) is 0 Å². The molecule has 1 aromatic heterocycles. The molecule has 0 amide bonds. The maximum Gasteiger partial charge on any atom is 0.335 e. The highest BCUT2D eigenvalue weighted by Crippen LogP contribution is 2.18. The Morgan fingerprint density at radius 3 is 1.19 bits per heavy atom. The third-order valence-electron chi connectivity index (χ3n) is 4.47. The van der Waals surface area contributed by atoms with Crippen molar-refractivity contribution in [2.45, 2.75) is 0 Å². The summed E-state index contributed by atoms with van der Waals surface area (Å²) in [4.78, 5) is 25.0. The van der Waals surface area contributed by atoms with Crippen LogP contribution >= 0.6 is 0 Å². The lowest BCUT2D eigenvalue weighted by molar-refractivity contribution is 0.0686. The quantitative estimate of drug-likeness (QED) is 0.332. The molecule has 0 saturated heterocycles. The summed E-state index contributed by atoms with van der Waals surface area (Å²) in [5.41, 5.74) is 2.78. The smallest absolute Gasteiger partial charge is 0.335 e. The lowest BCUT2D eigenvalue weighted by atomic mass is 10.1. The van der Waals surface area contributed by atoms with E-state index in [2.05, 4.69) is 23.2 Å². The molecular formula is C27H21NO4. The molecule has 4 aromatic carbocycles. The zero-order valence-corrected chi connectivity index (χ0v) is 17.1. The van der Waals surface area contributed by atoms with Gasteiger partial charge in [0, 0.05) is 10.8 Å². The van der Waals surface area contributed by atoms with Crippen LogP contribution in [0.25, 0.3) is 21.8 Å². The first-order valence-electron chi connectivity index (χ1n) is 9.86. The summed E-state index contributed by atoms with van der Waals surface area (Å²) < 4.78 is 0. The summed E-state index contributed by atoms with van der Waals surface area (Å²) in [6.45, 7) is 0. The van der Waals surface area contributed by atoms with Crippen molar-refractivity contribution in [2.24, 2.45) is 0 Å². The van der Waals surface area contributed by atoms with E-state index in [-0.39, 0.29) is 0 Å². The molecule has 5 heteroatoms. The third kappa shape index (κ3) is 6.24. The Kier molecular flexibility index (Phi) is 7.65. The van der Waals surface area contributed by atoms with E-state index in [0.29, 0.717) is 11.1 Å². The number of fused-ring (bicyclic) bond motifs is 2. The van der Waals surface area contributed by atoms with Crippen LogP contribution in [0.5, 0.6) is 0 Å². The number of para-hydroxylation sites is 2. The molecule has 5 aromatic rings. The Balaban J connectivity index is 0.000000142. The highest BCUT2D eigenvalue weighted by atomic mass is 16.4. The van der Waals surface area contributed by atoms with Gasteiger partial charge in [-0.1, -0.05) is 72.8 Å². The zero-order valence-electron chi connectivity index (χ0n) is 17.1. The van der Waals surface area contributed by atoms with Crippen molar-refractivity contribution in [3.8, 4) is 0 Å². The van der Waals surface area contributed by atoms with Crippen molar-refractivity contribution < 1.29 is 19.8 Å². The molecule has 32 heavy (non-hydrogen) atoms. The van der Waals surface area contributed by atoms with Gasteiger partial charge in [-0.15, -0.1) is 0 Å². The van der Waals surface area contributed by atoms with Crippen LogP contribution in [0.2, 0.25) is 0 Å². The van der Waals surface area contributed by atoms with Crippen molar-refractivity contribution in [1.29, 1.82) is 0 Å². The Morgan fingerprint density at radius 2 is 0.844 bits per heavy atom. The first-order chi connectivity index (χ1) is 15.5. The Labute approximate surface area is 185 Å². The van der Waals surface area contributed by atoms with Crippen LogP contribution in [-0.4, -0.2) is 27.1 Å². The van der Waals surface area contributed by atoms with E-state index in [1.807, 2.05) is 36.4 Å². The van der Waals surface area contributed by atoms with Crippen molar-refractivity contribution in [3.63, 3.8) is 0 Å². The fourth-order valence-electron chi connectivity index (χ4n) is 2.88. The Morgan fingerprint density at radius 1 is 0.500 bits per heavy atom. The fraction of sp³-hybridized carbons (Fsp3) is 0. The van der Waals surface area contributed by atoms with E-state index < -0.39 is 11.9 Å².